The van der Waals surface area contributed by atoms with Gasteiger partial charge in [0.05, 0.1) is 16.6 Å². The number of para-hydroxylation sites is 4. The summed E-state index contributed by atoms with van der Waals surface area (Å²) in [6, 6.07) is 105. The Morgan fingerprint density at radius 1 is 0.237 bits per heavy atom. The number of fused-ring (bicyclic) bond motifs is 6. The van der Waals surface area contributed by atoms with Crippen molar-refractivity contribution >= 4 is 77.9 Å². The molecular formula is C71H49N5. The average Bonchev–Trinajstić information content (AvgIpc) is 4.02. The molecule has 3 heterocycles. The van der Waals surface area contributed by atoms with E-state index in [2.05, 4.69) is 304 Å². The van der Waals surface area contributed by atoms with E-state index in [1.165, 1.54) is 43.9 Å². The molecule has 14 rings (SSSR count). The van der Waals surface area contributed by atoms with Gasteiger partial charge in [0.25, 0.3) is 0 Å². The highest BCUT2D eigenvalue weighted by atomic mass is 15.2. The van der Waals surface area contributed by atoms with Gasteiger partial charge in [0.15, 0.2) is 0 Å². The molecule has 0 saturated carbocycles. The quantitative estimate of drug-likeness (QED) is 0.129. The van der Waals surface area contributed by atoms with E-state index in [1.807, 2.05) is 12.3 Å². The van der Waals surface area contributed by atoms with Crippen molar-refractivity contribution in [3.63, 3.8) is 0 Å². The van der Waals surface area contributed by atoms with Gasteiger partial charge in [0.1, 0.15) is 5.65 Å². The second-order valence-electron chi connectivity index (χ2n) is 19.2. The molecule has 3 aromatic heterocycles. The number of aromatic nitrogens is 3. The summed E-state index contributed by atoms with van der Waals surface area (Å²) < 4.78 is 4.62. The summed E-state index contributed by atoms with van der Waals surface area (Å²) in [4.78, 5) is 9.52. The standard InChI is InChI=1S/C71H49N5/c1-5-16-50(17-6-1)51-27-35-60(36-28-51)74(61-39-31-52(32-40-61)54-33-45-69-66(48-54)64-24-13-14-26-68(64)75(69)57-20-9-3-10-21-57)63-43-41-62(42-44-63)73(56-18-7-2-8-19-56)59-37-29-53(30-38-59)55-34-46-70-67(49-55)65-25-15-47-72-71(65)76(70)58-22-11-4-12-23-58/h1-49H. The fraction of sp³-hybridized carbons (Fsp3) is 0. The molecule has 0 atom stereocenters. The second-order valence-corrected chi connectivity index (χ2v) is 19.2. The number of anilines is 6. The van der Waals surface area contributed by atoms with Gasteiger partial charge in [-0.15, -0.1) is 0 Å². The Kier molecular flexibility index (Phi) is 11.1. The highest BCUT2D eigenvalue weighted by molar-refractivity contribution is 6.11. The molecule has 0 aliphatic heterocycles. The van der Waals surface area contributed by atoms with Crippen molar-refractivity contribution in [1.29, 1.82) is 0 Å². The largest absolute Gasteiger partial charge is 0.311 e. The monoisotopic (exact) mass is 971 g/mol. The Labute approximate surface area is 441 Å². The summed E-state index contributed by atoms with van der Waals surface area (Å²) in [7, 11) is 0. The van der Waals surface area contributed by atoms with E-state index in [1.54, 1.807) is 0 Å². The van der Waals surface area contributed by atoms with Crippen molar-refractivity contribution in [3.05, 3.63) is 297 Å². The molecule has 0 fully saturated rings. The SMILES string of the molecule is c1ccc(-c2ccc(N(c3ccc(-c4ccc5c(c4)c4ccccc4n5-c4ccccc4)cc3)c3ccc(N(c4ccccc4)c4ccc(-c5ccc6c(c5)c5cccnc5n6-c5ccccc5)cc4)cc3)cc2)cc1. The zero-order chi connectivity index (χ0) is 50.4. The Morgan fingerprint density at radius 3 is 1.11 bits per heavy atom. The Morgan fingerprint density at radius 2 is 0.579 bits per heavy atom. The molecule has 0 unspecified atom stereocenters. The molecule has 14 aromatic rings. The van der Waals surface area contributed by atoms with Gasteiger partial charge in [0, 0.05) is 73.2 Å². The second kappa shape index (κ2) is 19.0. The minimum Gasteiger partial charge on any atom is -0.311 e. The number of hydrogen-bond acceptors (Lipinski definition) is 3. The van der Waals surface area contributed by atoms with E-state index in [9.17, 15) is 0 Å². The fourth-order valence-corrected chi connectivity index (χ4v) is 11.1. The summed E-state index contributed by atoms with van der Waals surface area (Å²) in [6.45, 7) is 0. The first-order chi connectivity index (χ1) is 37.7. The van der Waals surface area contributed by atoms with Gasteiger partial charge in [-0.1, -0.05) is 152 Å². The van der Waals surface area contributed by atoms with E-state index in [0.29, 0.717) is 0 Å². The molecule has 0 amide bonds. The van der Waals surface area contributed by atoms with Crippen LogP contribution in [0.4, 0.5) is 34.1 Å². The minimum absolute atomic E-state index is 0.955. The molecule has 0 radical (unpaired) electrons. The third-order valence-corrected chi connectivity index (χ3v) is 14.8. The Balaban J connectivity index is 0.809. The van der Waals surface area contributed by atoms with Gasteiger partial charge in [-0.3, -0.25) is 4.57 Å². The lowest BCUT2D eigenvalue weighted by Crippen LogP contribution is -2.12. The summed E-state index contributed by atoms with van der Waals surface area (Å²) >= 11 is 0. The van der Waals surface area contributed by atoms with E-state index < -0.39 is 0 Å². The number of hydrogen-bond donors (Lipinski definition) is 0. The van der Waals surface area contributed by atoms with Gasteiger partial charge >= 0.3 is 0 Å². The Hall–Kier alpha value is -10.2. The first-order valence-corrected chi connectivity index (χ1v) is 25.9. The summed E-state index contributed by atoms with van der Waals surface area (Å²) in [5.74, 6) is 0. The maximum absolute atomic E-state index is 4.83. The first kappa shape index (κ1) is 44.5. The van der Waals surface area contributed by atoms with E-state index in [-0.39, 0.29) is 0 Å². The number of nitrogens with zero attached hydrogens (tertiary/aromatic N) is 5. The molecule has 0 aliphatic carbocycles. The molecule has 11 aromatic carbocycles. The molecule has 5 heteroatoms. The molecule has 76 heavy (non-hydrogen) atoms. The van der Waals surface area contributed by atoms with E-state index in [4.69, 9.17) is 4.98 Å². The zero-order valence-electron chi connectivity index (χ0n) is 41.5. The van der Waals surface area contributed by atoms with Crippen molar-refractivity contribution < 1.29 is 0 Å². The van der Waals surface area contributed by atoms with E-state index in [0.717, 1.165) is 78.7 Å². The molecule has 0 N–H and O–H groups in total. The normalized spacial score (nSPS) is 11.4. The number of rotatable bonds is 11. The maximum Gasteiger partial charge on any atom is 0.145 e. The topological polar surface area (TPSA) is 29.2 Å². The van der Waals surface area contributed by atoms with Crippen molar-refractivity contribution in [2.24, 2.45) is 0 Å². The number of benzene rings is 11. The van der Waals surface area contributed by atoms with Gasteiger partial charge in [-0.2, -0.15) is 0 Å². The maximum atomic E-state index is 4.83. The van der Waals surface area contributed by atoms with Gasteiger partial charge in [-0.05, 0) is 173 Å². The zero-order valence-corrected chi connectivity index (χ0v) is 41.5. The number of pyridine rings is 1. The van der Waals surface area contributed by atoms with Crippen LogP contribution in [0.5, 0.6) is 0 Å². The molecule has 0 saturated heterocycles. The van der Waals surface area contributed by atoms with Crippen molar-refractivity contribution in [3.8, 4) is 44.8 Å². The smallest absolute Gasteiger partial charge is 0.145 e. The summed E-state index contributed by atoms with van der Waals surface area (Å²) in [5, 5.41) is 4.79. The highest BCUT2D eigenvalue weighted by Gasteiger charge is 2.19. The predicted molar refractivity (Wildman–Crippen MR) is 319 cm³/mol. The molecule has 0 spiro atoms. The van der Waals surface area contributed by atoms with Crippen LogP contribution >= 0.6 is 0 Å². The fourth-order valence-electron chi connectivity index (χ4n) is 11.1. The van der Waals surface area contributed by atoms with Crippen LogP contribution in [0.2, 0.25) is 0 Å². The third-order valence-electron chi connectivity index (χ3n) is 14.8. The van der Waals surface area contributed by atoms with Crippen LogP contribution in [0, 0.1) is 0 Å². The van der Waals surface area contributed by atoms with E-state index >= 15 is 0 Å². The van der Waals surface area contributed by atoms with Crippen LogP contribution < -0.4 is 9.80 Å². The van der Waals surface area contributed by atoms with Gasteiger partial charge in [-0.25, -0.2) is 4.98 Å². The molecule has 0 bridgehead atoms. The first-order valence-electron chi connectivity index (χ1n) is 25.9. The van der Waals surface area contributed by atoms with Crippen molar-refractivity contribution in [2.75, 3.05) is 9.80 Å². The van der Waals surface area contributed by atoms with Crippen LogP contribution in [-0.4, -0.2) is 14.1 Å². The minimum atomic E-state index is 0.955. The lowest BCUT2D eigenvalue weighted by molar-refractivity contribution is 1.14. The lowest BCUT2D eigenvalue weighted by Gasteiger charge is -2.28. The molecule has 5 nitrogen and oxygen atoms in total. The predicted octanol–water partition coefficient (Wildman–Crippen LogP) is 19.2. The summed E-state index contributed by atoms with van der Waals surface area (Å²) in [6.07, 6.45) is 1.88. The van der Waals surface area contributed by atoms with Crippen molar-refractivity contribution in [2.45, 2.75) is 0 Å². The molecular weight excluding hydrogens is 923 g/mol. The average molecular weight is 972 g/mol. The van der Waals surface area contributed by atoms with Crippen LogP contribution in [-0.2, 0) is 0 Å². The van der Waals surface area contributed by atoms with Crippen LogP contribution in [0.25, 0.3) is 88.5 Å². The molecule has 0 aliphatic rings. The van der Waals surface area contributed by atoms with Gasteiger partial charge < -0.3 is 14.4 Å². The van der Waals surface area contributed by atoms with Crippen LogP contribution in [0.1, 0.15) is 0 Å². The Bertz CT molecular complexity index is 4340. The lowest BCUT2D eigenvalue weighted by atomic mass is 10.0. The highest BCUT2D eigenvalue weighted by Crippen LogP contribution is 2.42. The van der Waals surface area contributed by atoms with Crippen LogP contribution in [0.3, 0.4) is 0 Å². The van der Waals surface area contributed by atoms with Crippen molar-refractivity contribution in [1.82, 2.24) is 14.1 Å². The third kappa shape index (κ3) is 7.95. The van der Waals surface area contributed by atoms with Crippen LogP contribution in [0.15, 0.2) is 297 Å². The van der Waals surface area contributed by atoms with Gasteiger partial charge in [0.2, 0.25) is 0 Å². The summed E-state index contributed by atoms with van der Waals surface area (Å²) in [5.41, 5.74) is 20.2. The molecule has 358 valence electrons.